The van der Waals surface area contributed by atoms with E-state index in [2.05, 4.69) is 9.67 Å². The number of ether oxygens (including phenoxy) is 2. The number of rotatable bonds is 2. The molecule has 2 fully saturated rings. The number of hydrogen-bond acceptors (Lipinski definition) is 6. The van der Waals surface area contributed by atoms with Gasteiger partial charge in [-0.05, 0) is 6.42 Å². The molecule has 0 aromatic heterocycles. The van der Waals surface area contributed by atoms with Crippen molar-refractivity contribution in [1.29, 1.82) is 0 Å². The van der Waals surface area contributed by atoms with Gasteiger partial charge in [0.15, 0.2) is 18.1 Å². The molecule has 0 saturated carbocycles. The SMILES string of the molecule is CC(C)(C)[C@H]1OC(=O)[C@]2(C=O)CCC(=O)N12.COC=O.[CH2-]I.[CH3-].[V].[V]. The van der Waals surface area contributed by atoms with Gasteiger partial charge in [-0.1, -0.05) is 20.8 Å². The summed E-state index contributed by atoms with van der Waals surface area (Å²) >= 11 is 1.90. The van der Waals surface area contributed by atoms with Crippen molar-refractivity contribution in [3.63, 3.8) is 0 Å². The number of carbonyl (C=O) groups is 4. The van der Waals surface area contributed by atoms with Gasteiger partial charge in [0.2, 0.25) is 5.91 Å². The van der Waals surface area contributed by atoms with Crippen molar-refractivity contribution in [2.45, 2.75) is 45.4 Å². The molecule has 10 heteroatoms. The van der Waals surface area contributed by atoms with Crippen LogP contribution in [0, 0.1) is 17.8 Å². The minimum absolute atomic E-state index is 0. The smallest absolute Gasteiger partial charge is 0.341 e. The van der Waals surface area contributed by atoms with Crippen molar-refractivity contribution in [3.8, 4) is 0 Å². The van der Waals surface area contributed by atoms with Crippen LogP contribution in [0.25, 0.3) is 0 Å². The maximum absolute atomic E-state index is 11.8. The third-order valence-corrected chi connectivity index (χ3v) is 3.26. The first-order chi connectivity index (χ1) is 10.2. The Kier molecular flexibility index (Phi) is 18.4. The third kappa shape index (κ3) is 7.25. The van der Waals surface area contributed by atoms with Gasteiger partial charge in [0.1, 0.15) is 0 Å². The summed E-state index contributed by atoms with van der Waals surface area (Å²) < 4.78 is 9.05. The first-order valence-corrected chi connectivity index (χ1v) is 8.00. The predicted molar refractivity (Wildman–Crippen MR) is 93.1 cm³/mol. The van der Waals surface area contributed by atoms with Gasteiger partial charge in [0.05, 0.1) is 7.11 Å². The molecule has 2 heterocycles. The number of hydrogen-bond donors (Lipinski definition) is 0. The first-order valence-electron chi connectivity index (χ1n) is 6.47. The second kappa shape index (κ2) is 14.1. The summed E-state index contributed by atoms with van der Waals surface area (Å²) in [5.74, 6) is -0.772. The zero-order chi connectivity index (χ0) is 17.6. The van der Waals surface area contributed by atoms with Crippen LogP contribution in [0.4, 0.5) is 0 Å². The summed E-state index contributed by atoms with van der Waals surface area (Å²) in [6.45, 7) is 5.99. The molecule has 2 saturated heterocycles. The Labute approximate surface area is 187 Å². The van der Waals surface area contributed by atoms with E-state index in [9.17, 15) is 14.4 Å². The molecule has 2 aliphatic rings. The van der Waals surface area contributed by atoms with E-state index in [0.717, 1.165) is 0 Å². The van der Waals surface area contributed by atoms with E-state index in [1.807, 2.05) is 43.4 Å². The van der Waals surface area contributed by atoms with Crippen molar-refractivity contribution in [3.05, 3.63) is 12.4 Å². The van der Waals surface area contributed by atoms with Gasteiger partial charge >= 0.3 is 5.97 Å². The average Bonchev–Trinajstić information content (AvgIpc) is 2.98. The Morgan fingerprint density at radius 2 is 1.72 bits per heavy atom. The quantitative estimate of drug-likeness (QED) is 0.174. The number of aldehydes is 1. The first kappa shape index (κ1) is 32.6. The fraction of sp³-hybridized carbons (Fsp3) is 0.600. The summed E-state index contributed by atoms with van der Waals surface area (Å²) in [6, 6.07) is 0. The fourth-order valence-electron chi connectivity index (χ4n) is 2.29. The number of cyclic esters (lactones) is 1. The molecule has 2 atom stereocenters. The van der Waals surface area contributed by atoms with Crippen molar-refractivity contribution >= 4 is 47.2 Å². The summed E-state index contributed by atoms with van der Waals surface area (Å²) in [7, 11) is 1.31. The third-order valence-electron chi connectivity index (χ3n) is 3.26. The molecular formula is C15H24INO6V2-2. The maximum atomic E-state index is 11.8. The zero-order valence-electron chi connectivity index (χ0n) is 15.0. The molecule has 0 N–H and O–H groups in total. The fourth-order valence-corrected chi connectivity index (χ4v) is 2.29. The number of nitrogens with zero attached hydrogens (tertiary/aromatic N) is 1. The molecule has 0 aromatic carbocycles. The van der Waals surface area contributed by atoms with Gasteiger partial charge in [-0.25, -0.2) is 4.79 Å². The van der Waals surface area contributed by atoms with E-state index in [1.54, 1.807) is 0 Å². The van der Waals surface area contributed by atoms with Gasteiger partial charge < -0.3 is 44.3 Å². The van der Waals surface area contributed by atoms with Crippen molar-refractivity contribution in [2.75, 3.05) is 7.11 Å². The summed E-state index contributed by atoms with van der Waals surface area (Å²) in [5, 5.41) is 0. The number of methoxy groups -OCH3 is 1. The monoisotopic (exact) mass is 543 g/mol. The zero-order valence-corrected chi connectivity index (χ0v) is 20.0. The van der Waals surface area contributed by atoms with Crippen LogP contribution in [0.15, 0.2) is 0 Å². The Hall–Kier alpha value is -0.0212. The van der Waals surface area contributed by atoms with Crippen LogP contribution >= 0.6 is 22.6 Å². The summed E-state index contributed by atoms with van der Waals surface area (Å²) in [5.41, 5.74) is -1.74. The number of fused-ring (bicyclic) bond motifs is 1. The summed E-state index contributed by atoms with van der Waals surface area (Å²) in [4.78, 5) is 48.2. The van der Waals surface area contributed by atoms with Crippen molar-refractivity contribution in [2.24, 2.45) is 5.41 Å². The molecule has 1 amide bonds. The largest absolute Gasteiger partial charge is 0.471 e. The van der Waals surface area contributed by atoms with Crippen LogP contribution in [-0.2, 0) is 65.8 Å². The van der Waals surface area contributed by atoms with Crippen LogP contribution < -0.4 is 0 Å². The molecular weight excluding hydrogens is 519 g/mol. The molecule has 0 aliphatic carbocycles. The van der Waals surface area contributed by atoms with Gasteiger partial charge in [-0.3, -0.25) is 19.4 Å². The number of halogens is 1. The summed E-state index contributed by atoms with van der Waals surface area (Å²) in [6.07, 6.45) is 0.382. The molecule has 0 spiro atoms. The molecule has 0 bridgehead atoms. The van der Waals surface area contributed by atoms with Crippen molar-refractivity contribution < 1.29 is 65.8 Å². The van der Waals surface area contributed by atoms with E-state index in [4.69, 9.17) is 9.53 Å². The maximum Gasteiger partial charge on any atom is 0.341 e. The van der Waals surface area contributed by atoms with Crippen LogP contribution in [0.2, 0.25) is 0 Å². The molecule has 2 rings (SSSR count). The van der Waals surface area contributed by atoms with E-state index >= 15 is 0 Å². The topological polar surface area (TPSA) is 90.0 Å². The number of esters is 1. The van der Waals surface area contributed by atoms with Crippen LogP contribution in [0.1, 0.15) is 33.6 Å². The van der Waals surface area contributed by atoms with E-state index in [1.165, 1.54) is 12.0 Å². The minimum Gasteiger partial charge on any atom is -0.471 e. The molecule has 25 heavy (non-hydrogen) atoms. The van der Waals surface area contributed by atoms with Gasteiger partial charge in [-0.2, -0.15) is 0 Å². The molecule has 7 nitrogen and oxygen atoms in total. The van der Waals surface area contributed by atoms with Crippen LogP contribution in [-0.4, -0.2) is 48.4 Å². The second-order valence-electron chi connectivity index (χ2n) is 5.76. The molecule has 2 aliphatic heterocycles. The van der Waals surface area contributed by atoms with Gasteiger partial charge in [0, 0.05) is 48.9 Å². The predicted octanol–water partition coefficient (Wildman–Crippen LogP) is 1.92. The van der Waals surface area contributed by atoms with Crippen molar-refractivity contribution in [1.82, 2.24) is 4.90 Å². The molecule has 2 radical (unpaired) electrons. The van der Waals surface area contributed by atoms with E-state index < -0.39 is 17.7 Å². The Morgan fingerprint density at radius 3 is 2.04 bits per heavy atom. The normalized spacial score (nSPS) is 22.8. The van der Waals surface area contributed by atoms with Gasteiger partial charge in [0.25, 0.3) is 6.47 Å². The van der Waals surface area contributed by atoms with Crippen LogP contribution in [0.5, 0.6) is 0 Å². The minimum atomic E-state index is -1.35. The number of carbonyl (C=O) groups excluding carboxylic acids is 4. The Balaban J connectivity index is -0.000000218. The molecule has 144 valence electrons. The van der Waals surface area contributed by atoms with Gasteiger partial charge in [-0.15, -0.1) is 0 Å². The van der Waals surface area contributed by atoms with E-state index in [0.29, 0.717) is 12.8 Å². The second-order valence-corrected chi connectivity index (χ2v) is 5.76. The van der Waals surface area contributed by atoms with E-state index in [-0.39, 0.29) is 68.7 Å². The Morgan fingerprint density at radius 1 is 1.28 bits per heavy atom. The Bertz CT molecular complexity index is 444. The molecule has 0 aromatic rings. The number of amides is 1. The molecule has 0 unspecified atom stereocenters. The standard InChI is InChI=1S/C11H15NO4.C2H4O2.CH2I.CH3.2V/c1-10(2,3)8-12-7(14)4-5-11(12,6-13)9(15)16-8;1-4-2-3;1-2;;;/h6,8H,4-5H2,1-3H3;2H,1H3;1H2;1H3;;/q;;2*-1;;/t8-,11-;;;;;/m1...../s1. The average molecular weight is 543 g/mol. The van der Waals surface area contributed by atoms with Crippen LogP contribution in [0.3, 0.4) is 0 Å².